The van der Waals surface area contributed by atoms with Crippen molar-refractivity contribution in [2.24, 2.45) is 0 Å². The molecule has 0 aliphatic rings. The zero-order valence-electron chi connectivity index (χ0n) is 11.4. The molecule has 22 heavy (non-hydrogen) atoms. The largest absolute Gasteiger partial charge is 0.376 e. The molecule has 0 aromatic carbocycles. The molecule has 0 saturated heterocycles. The Bertz CT molecular complexity index is 873. The quantitative estimate of drug-likeness (QED) is 0.576. The van der Waals surface area contributed by atoms with E-state index < -0.39 is 16.2 Å². The predicted octanol–water partition coefficient (Wildman–Crippen LogP) is 2.32. The van der Waals surface area contributed by atoms with Crippen molar-refractivity contribution in [3.05, 3.63) is 67.3 Å². The van der Waals surface area contributed by atoms with Crippen LogP contribution in [0.1, 0.15) is 4.88 Å². The third kappa shape index (κ3) is 2.68. The summed E-state index contributed by atoms with van der Waals surface area (Å²) in [5.74, 6) is 0.0118. The summed E-state index contributed by atoms with van der Waals surface area (Å²) in [6.07, 6.45) is 2.18. The van der Waals surface area contributed by atoms with Gasteiger partial charge in [0.2, 0.25) is 5.82 Å². The van der Waals surface area contributed by atoms with Gasteiger partial charge >= 0.3 is 11.2 Å². The van der Waals surface area contributed by atoms with Gasteiger partial charge in [0.1, 0.15) is 5.65 Å². The Labute approximate surface area is 129 Å². The smallest absolute Gasteiger partial charge is 0.364 e. The minimum absolute atomic E-state index is 0.0118. The summed E-state index contributed by atoms with van der Waals surface area (Å²) in [5.41, 5.74) is -0.846. The van der Waals surface area contributed by atoms with Crippen LogP contribution < -0.4 is 10.9 Å². The third-order valence-electron chi connectivity index (χ3n) is 3.14. The van der Waals surface area contributed by atoms with Gasteiger partial charge in [0.05, 0.1) is 4.92 Å². The lowest BCUT2D eigenvalue weighted by atomic mass is 10.3. The Morgan fingerprint density at radius 2 is 2.18 bits per heavy atom. The van der Waals surface area contributed by atoms with Crippen LogP contribution >= 0.6 is 11.3 Å². The lowest BCUT2D eigenvalue weighted by Crippen LogP contribution is -2.21. The van der Waals surface area contributed by atoms with Crippen LogP contribution in [0.5, 0.6) is 0 Å². The van der Waals surface area contributed by atoms with E-state index in [1.54, 1.807) is 29.5 Å². The number of aromatic nitrogens is 2. The lowest BCUT2D eigenvalue weighted by Gasteiger charge is -2.07. The van der Waals surface area contributed by atoms with Crippen LogP contribution in [-0.4, -0.2) is 20.9 Å². The topological polar surface area (TPSA) is 89.5 Å². The van der Waals surface area contributed by atoms with E-state index in [9.17, 15) is 14.9 Å². The van der Waals surface area contributed by atoms with Crippen molar-refractivity contribution in [2.45, 2.75) is 6.42 Å². The number of thiophene rings is 1. The molecule has 0 saturated carbocycles. The Balaban J connectivity index is 1.95. The van der Waals surface area contributed by atoms with Gasteiger partial charge in [0, 0.05) is 17.6 Å². The zero-order valence-corrected chi connectivity index (χ0v) is 12.2. The minimum atomic E-state index is -0.692. The molecule has 0 amide bonds. The van der Waals surface area contributed by atoms with Gasteiger partial charge in [-0.3, -0.25) is 19.3 Å². The van der Waals surface area contributed by atoms with Crippen LogP contribution in [0.15, 0.2) is 46.7 Å². The fourth-order valence-electron chi connectivity index (χ4n) is 2.13. The first-order valence-corrected chi connectivity index (χ1v) is 7.47. The number of anilines is 1. The Kier molecular flexibility index (Phi) is 3.84. The van der Waals surface area contributed by atoms with Crippen LogP contribution in [-0.2, 0) is 6.42 Å². The van der Waals surface area contributed by atoms with Crippen molar-refractivity contribution < 1.29 is 4.92 Å². The second-order valence-corrected chi connectivity index (χ2v) is 5.59. The van der Waals surface area contributed by atoms with E-state index in [0.717, 1.165) is 4.88 Å². The van der Waals surface area contributed by atoms with E-state index in [1.165, 1.54) is 10.6 Å². The number of fused-ring (bicyclic) bond motifs is 1. The van der Waals surface area contributed by atoms with Crippen LogP contribution in [0.3, 0.4) is 0 Å². The lowest BCUT2D eigenvalue weighted by molar-refractivity contribution is -0.385. The van der Waals surface area contributed by atoms with Crippen LogP contribution in [0.4, 0.5) is 11.5 Å². The summed E-state index contributed by atoms with van der Waals surface area (Å²) < 4.78 is 1.17. The number of nitro groups is 1. The molecule has 3 heterocycles. The first kappa shape index (κ1) is 14.2. The van der Waals surface area contributed by atoms with Gasteiger partial charge in [-0.05, 0) is 30.0 Å². The SMILES string of the molecule is O=c1c([N+](=O)[O-])c(NCCc2cccs2)nc2ccccn12. The summed E-state index contributed by atoms with van der Waals surface area (Å²) in [6, 6.07) is 8.93. The van der Waals surface area contributed by atoms with E-state index in [4.69, 9.17) is 0 Å². The second kappa shape index (κ2) is 5.94. The molecule has 7 nitrogen and oxygen atoms in total. The first-order chi connectivity index (χ1) is 10.7. The van der Waals surface area contributed by atoms with Crippen molar-refractivity contribution >= 4 is 28.5 Å². The highest BCUT2D eigenvalue weighted by molar-refractivity contribution is 7.09. The van der Waals surface area contributed by atoms with Crippen molar-refractivity contribution in [1.29, 1.82) is 0 Å². The van der Waals surface area contributed by atoms with E-state index in [0.29, 0.717) is 18.6 Å². The highest BCUT2D eigenvalue weighted by atomic mass is 32.1. The summed E-state index contributed by atoms with van der Waals surface area (Å²) in [5, 5.41) is 16.1. The molecule has 8 heteroatoms. The molecular weight excluding hydrogens is 304 g/mol. The van der Waals surface area contributed by atoms with Crippen molar-refractivity contribution in [2.75, 3.05) is 11.9 Å². The Hall–Kier alpha value is -2.74. The fourth-order valence-corrected chi connectivity index (χ4v) is 2.84. The monoisotopic (exact) mass is 316 g/mol. The Morgan fingerprint density at radius 1 is 1.32 bits per heavy atom. The molecule has 0 atom stereocenters. The maximum Gasteiger partial charge on any atom is 0.376 e. The molecule has 0 spiro atoms. The van der Waals surface area contributed by atoms with Crippen LogP contribution in [0.2, 0.25) is 0 Å². The molecule has 0 radical (unpaired) electrons. The predicted molar refractivity (Wildman–Crippen MR) is 84.6 cm³/mol. The molecule has 112 valence electrons. The van der Waals surface area contributed by atoms with E-state index in [-0.39, 0.29) is 5.82 Å². The maximum absolute atomic E-state index is 12.2. The highest BCUT2D eigenvalue weighted by Crippen LogP contribution is 2.18. The first-order valence-electron chi connectivity index (χ1n) is 6.59. The average molecular weight is 316 g/mol. The van der Waals surface area contributed by atoms with Gasteiger partial charge in [-0.15, -0.1) is 11.3 Å². The van der Waals surface area contributed by atoms with E-state index in [2.05, 4.69) is 10.3 Å². The minimum Gasteiger partial charge on any atom is -0.364 e. The molecule has 0 aliphatic carbocycles. The highest BCUT2D eigenvalue weighted by Gasteiger charge is 2.23. The zero-order chi connectivity index (χ0) is 15.5. The molecule has 3 rings (SSSR count). The normalized spacial score (nSPS) is 10.7. The maximum atomic E-state index is 12.2. The molecule has 0 unspecified atom stereocenters. The molecule has 1 N–H and O–H groups in total. The standard InChI is InChI=1S/C14H12N4O3S/c19-14-12(18(20)21)13(15-7-6-10-4-3-9-22-10)16-11-5-1-2-8-17(11)14/h1-5,8-9,15H,6-7H2. The number of nitrogens with one attached hydrogen (secondary N) is 1. The van der Waals surface area contributed by atoms with Gasteiger partial charge in [-0.25, -0.2) is 4.98 Å². The van der Waals surface area contributed by atoms with Crippen molar-refractivity contribution in [3.8, 4) is 0 Å². The average Bonchev–Trinajstić information content (AvgIpc) is 3.00. The summed E-state index contributed by atoms with van der Waals surface area (Å²) in [6.45, 7) is 0.469. The van der Waals surface area contributed by atoms with Gasteiger partial charge in [-0.2, -0.15) is 0 Å². The van der Waals surface area contributed by atoms with Crippen LogP contribution in [0.25, 0.3) is 5.65 Å². The number of pyridine rings is 1. The number of nitrogens with zero attached hydrogens (tertiary/aromatic N) is 3. The number of hydrogen-bond acceptors (Lipinski definition) is 6. The summed E-state index contributed by atoms with van der Waals surface area (Å²) in [7, 11) is 0. The van der Waals surface area contributed by atoms with Gasteiger partial charge in [0.15, 0.2) is 0 Å². The summed E-state index contributed by atoms with van der Waals surface area (Å²) >= 11 is 1.61. The summed E-state index contributed by atoms with van der Waals surface area (Å²) in [4.78, 5) is 28.1. The van der Waals surface area contributed by atoms with E-state index in [1.807, 2.05) is 17.5 Å². The van der Waals surface area contributed by atoms with Gasteiger partial charge < -0.3 is 5.32 Å². The van der Waals surface area contributed by atoms with Gasteiger partial charge in [0.25, 0.3) is 0 Å². The molecule has 0 aliphatic heterocycles. The fraction of sp³-hybridized carbons (Fsp3) is 0.143. The second-order valence-electron chi connectivity index (χ2n) is 4.56. The molecule has 0 fully saturated rings. The molecule has 3 aromatic rings. The van der Waals surface area contributed by atoms with Crippen molar-refractivity contribution in [3.63, 3.8) is 0 Å². The van der Waals surface area contributed by atoms with Gasteiger partial charge in [-0.1, -0.05) is 12.1 Å². The number of hydrogen-bond donors (Lipinski definition) is 1. The molecular formula is C14H12N4O3S. The van der Waals surface area contributed by atoms with Crippen LogP contribution in [0, 0.1) is 10.1 Å². The number of rotatable bonds is 5. The molecule has 0 bridgehead atoms. The third-order valence-corrected chi connectivity index (χ3v) is 4.07. The Morgan fingerprint density at radius 3 is 2.91 bits per heavy atom. The molecule has 3 aromatic heterocycles. The van der Waals surface area contributed by atoms with E-state index >= 15 is 0 Å². The van der Waals surface area contributed by atoms with Crippen molar-refractivity contribution in [1.82, 2.24) is 9.38 Å².